The number of amidine groups is 1. The number of carbonyl (C=O) groups is 1. The minimum absolute atomic E-state index is 0.0821. The molecule has 1 amide bonds. The normalized spacial score (nSPS) is 15.4. The van der Waals surface area contributed by atoms with Crippen molar-refractivity contribution in [3.63, 3.8) is 0 Å². The molecule has 25 heavy (non-hydrogen) atoms. The Labute approximate surface area is 151 Å². The number of amides is 1. The topological polar surface area (TPSA) is 51.1 Å². The van der Waals surface area contributed by atoms with Crippen molar-refractivity contribution in [3.05, 3.63) is 54.1 Å². The van der Waals surface area contributed by atoms with Crippen LogP contribution in [0.3, 0.4) is 0 Å². The molecule has 0 bridgehead atoms. The average molecular weight is 356 g/mol. The molecule has 0 unspecified atom stereocenters. The molecule has 0 atom stereocenters. The molecule has 5 nitrogen and oxygen atoms in total. The number of para-hydroxylation sites is 1. The van der Waals surface area contributed by atoms with Gasteiger partial charge in [0.05, 0.1) is 25.0 Å². The molecule has 0 aromatic heterocycles. The summed E-state index contributed by atoms with van der Waals surface area (Å²) in [5.74, 6) is 2.14. The first-order chi connectivity index (χ1) is 12.2. The second-order valence-electron chi connectivity index (χ2n) is 5.33. The van der Waals surface area contributed by atoms with Crippen molar-refractivity contribution in [2.75, 3.05) is 26.0 Å². The molecule has 2 aromatic carbocycles. The zero-order valence-corrected chi connectivity index (χ0v) is 15.1. The maximum absolute atomic E-state index is 13.0. The molecule has 2 aromatic rings. The number of benzene rings is 2. The number of thioether (sulfide) groups is 1. The summed E-state index contributed by atoms with van der Waals surface area (Å²) in [5, 5.41) is 0.710. The molecular weight excluding hydrogens is 336 g/mol. The highest BCUT2D eigenvalue weighted by atomic mass is 32.2. The third-order valence-electron chi connectivity index (χ3n) is 3.74. The lowest BCUT2D eigenvalue weighted by Gasteiger charge is -2.18. The summed E-state index contributed by atoms with van der Waals surface area (Å²) in [6.07, 6.45) is 0. The zero-order chi connectivity index (χ0) is 17.6. The molecular formula is C19H20N2O3S. The summed E-state index contributed by atoms with van der Waals surface area (Å²) in [7, 11) is 1.63. The van der Waals surface area contributed by atoms with Crippen LogP contribution in [0.4, 0.5) is 5.69 Å². The van der Waals surface area contributed by atoms with Gasteiger partial charge in [-0.05, 0) is 43.3 Å². The van der Waals surface area contributed by atoms with E-state index < -0.39 is 0 Å². The van der Waals surface area contributed by atoms with Gasteiger partial charge in [-0.25, -0.2) is 4.99 Å². The molecule has 1 aliphatic rings. The maximum Gasteiger partial charge on any atom is 0.263 e. The third-order valence-corrected chi connectivity index (χ3v) is 4.69. The highest BCUT2D eigenvalue weighted by Crippen LogP contribution is 2.28. The van der Waals surface area contributed by atoms with Gasteiger partial charge in [-0.15, -0.1) is 0 Å². The summed E-state index contributed by atoms with van der Waals surface area (Å²) in [6.45, 7) is 3.06. The summed E-state index contributed by atoms with van der Waals surface area (Å²) >= 11 is 1.58. The first kappa shape index (κ1) is 17.4. The second kappa shape index (κ2) is 8.07. The molecule has 130 valence electrons. The van der Waals surface area contributed by atoms with E-state index in [1.807, 2.05) is 49.4 Å². The van der Waals surface area contributed by atoms with Crippen LogP contribution < -0.4 is 9.47 Å². The van der Waals surface area contributed by atoms with Crippen molar-refractivity contribution in [3.8, 4) is 11.5 Å². The molecule has 1 aliphatic heterocycles. The van der Waals surface area contributed by atoms with Crippen molar-refractivity contribution >= 4 is 28.5 Å². The zero-order valence-electron chi connectivity index (χ0n) is 14.3. The number of carbonyl (C=O) groups excluding carboxylic acids is 1. The standard InChI is InChI=1S/C19H20N2O3S/c1-3-24-17-7-5-4-6-16(17)18(22)21-12-13-25-19(21)20-14-8-10-15(23-2)11-9-14/h4-11H,3,12-13H2,1-2H3. The molecule has 0 radical (unpaired) electrons. The van der Waals surface area contributed by atoms with E-state index in [-0.39, 0.29) is 5.91 Å². The van der Waals surface area contributed by atoms with Crippen LogP contribution >= 0.6 is 11.8 Å². The van der Waals surface area contributed by atoms with Crippen molar-refractivity contribution in [2.45, 2.75) is 6.92 Å². The lowest BCUT2D eigenvalue weighted by Crippen LogP contribution is -2.32. The SMILES string of the molecule is CCOc1ccccc1C(=O)N1CCSC1=Nc1ccc(OC)cc1. The molecule has 0 saturated carbocycles. The maximum atomic E-state index is 13.0. The van der Waals surface area contributed by atoms with Crippen LogP contribution in [0.1, 0.15) is 17.3 Å². The Bertz CT molecular complexity index is 774. The highest BCUT2D eigenvalue weighted by Gasteiger charge is 2.28. The van der Waals surface area contributed by atoms with Gasteiger partial charge >= 0.3 is 0 Å². The number of hydrogen-bond acceptors (Lipinski definition) is 5. The Balaban J connectivity index is 1.85. The van der Waals surface area contributed by atoms with E-state index in [0.29, 0.717) is 29.6 Å². The Kier molecular flexibility index (Phi) is 5.60. The van der Waals surface area contributed by atoms with Gasteiger partial charge in [0.25, 0.3) is 5.91 Å². The molecule has 0 aliphatic carbocycles. The molecule has 6 heteroatoms. The fourth-order valence-corrected chi connectivity index (χ4v) is 3.48. The number of aliphatic imine (C=N–C) groups is 1. The smallest absolute Gasteiger partial charge is 0.263 e. The summed E-state index contributed by atoms with van der Waals surface area (Å²) in [5.41, 5.74) is 1.36. The van der Waals surface area contributed by atoms with E-state index in [9.17, 15) is 4.79 Å². The number of hydrogen-bond donors (Lipinski definition) is 0. The average Bonchev–Trinajstić information content (AvgIpc) is 3.10. The fourth-order valence-electron chi connectivity index (χ4n) is 2.52. The van der Waals surface area contributed by atoms with Crippen LogP contribution in [0.25, 0.3) is 0 Å². The van der Waals surface area contributed by atoms with Crippen LogP contribution in [0.2, 0.25) is 0 Å². The summed E-state index contributed by atoms with van der Waals surface area (Å²) < 4.78 is 10.7. The predicted molar refractivity (Wildman–Crippen MR) is 101 cm³/mol. The fraction of sp³-hybridized carbons (Fsp3) is 0.263. The molecule has 1 heterocycles. The van der Waals surface area contributed by atoms with E-state index in [4.69, 9.17) is 9.47 Å². The first-order valence-electron chi connectivity index (χ1n) is 8.12. The van der Waals surface area contributed by atoms with Crippen LogP contribution in [-0.2, 0) is 0 Å². The van der Waals surface area contributed by atoms with Gasteiger partial charge in [0.2, 0.25) is 0 Å². The monoisotopic (exact) mass is 356 g/mol. The van der Waals surface area contributed by atoms with Crippen molar-refractivity contribution < 1.29 is 14.3 Å². The van der Waals surface area contributed by atoms with Crippen LogP contribution in [-0.4, -0.2) is 42.0 Å². The van der Waals surface area contributed by atoms with Crippen molar-refractivity contribution in [1.29, 1.82) is 0 Å². The van der Waals surface area contributed by atoms with Gasteiger partial charge in [-0.2, -0.15) is 0 Å². The Morgan fingerprint density at radius 3 is 2.68 bits per heavy atom. The van der Waals surface area contributed by atoms with Crippen LogP contribution in [0, 0.1) is 0 Å². The van der Waals surface area contributed by atoms with Crippen LogP contribution in [0.5, 0.6) is 11.5 Å². The van der Waals surface area contributed by atoms with Crippen molar-refractivity contribution in [2.24, 2.45) is 4.99 Å². The summed E-state index contributed by atoms with van der Waals surface area (Å²) in [4.78, 5) is 19.3. The second-order valence-corrected chi connectivity index (χ2v) is 6.39. The molecule has 1 fully saturated rings. The van der Waals surface area contributed by atoms with Gasteiger partial charge in [0.1, 0.15) is 11.5 Å². The van der Waals surface area contributed by atoms with E-state index >= 15 is 0 Å². The van der Waals surface area contributed by atoms with E-state index in [0.717, 1.165) is 17.2 Å². The lowest BCUT2D eigenvalue weighted by atomic mass is 10.2. The molecule has 3 rings (SSSR count). The third kappa shape index (κ3) is 3.96. The van der Waals surface area contributed by atoms with Gasteiger partial charge in [-0.3, -0.25) is 9.69 Å². The van der Waals surface area contributed by atoms with Gasteiger partial charge < -0.3 is 9.47 Å². The lowest BCUT2D eigenvalue weighted by molar-refractivity contribution is 0.0855. The number of methoxy groups -OCH3 is 1. The highest BCUT2D eigenvalue weighted by molar-refractivity contribution is 8.14. The van der Waals surface area contributed by atoms with Gasteiger partial charge in [-0.1, -0.05) is 23.9 Å². The van der Waals surface area contributed by atoms with E-state index in [1.165, 1.54) is 0 Å². The minimum atomic E-state index is -0.0821. The minimum Gasteiger partial charge on any atom is -0.497 e. The quantitative estimate of drug-likeness (QED) is 0.813. The number of nitrogens with zero attached hydrogens (tertiary/aromatic N) is 2. The van der Waals surface area contributed by atoms with Crippen LogP contribution in [0.15, 0.2) is 53.5 Å². The van der Waals surface area contributed by atoms with E-state index in [1.54, 1.807) is 29.8 Å². The van der Waals surface area contributed by atoms with Crippen molar-refractivity contribution in [1.82, 2.24) is 4.90 Å². The Hall–Kier alpha value is -2.47. The Morgan fingerprint density at radius 2 is 1.96 bits per heavy atom. The summed E-state index contributed by atoms with van der Waals surface area (Å²) in [6, 6.07) is 14.8. The predicted octanol–water partition coefficient (Wildman–Crippen LogP) is 3.97. The van der Waals surface area contributed by atoms with Gasteiger partial charge in [0.15, 0.2) is 5.17 Å². The molecule has 1 saturated heterocycles. The first-order valence-corrected chi connectivity index (χ1v) is 9.10. The Morgan fingerprint density at radius 1 is 1.20 bits per heavy atom. The molecule has 0 N–H and O–H groups in total. The molecule has 0 spiro atoms. The van der Waals surface area contributed by atoms with Gasteiger partial charge in [0, 0.05) is 12.3 Å². The number of rotatable bonds is 5. The van der Waals surface area contributed by atoms with E-state index in [2.05, 4.69) is 4.99 Å². The number of ether oxygens (including phenoxy) is 2. The largest absolute Gasteiger partial charge is 0.497 e.